The summed E-state index contributed by atoms with van der Waals surface area (Å²) in [7, 11) is 0. The van der Waals surface area contributed by atoms with Crippen LogP contribution in [0.1, 0.15) is 0 Å². The number of nitrogens with zero attached hydrogens (tertiary/aromatic N) is 3. The molecule has 5 aromatic rings. The molecule has 0 saturated heterocycles. The summed E-state index contributed by atoms with van der Waals surface area (Å²) in [5.74, 6) is -0.272. The average Bonchev–Trinajstić information content (AvgIpc) is 3.07. The van der Waals surface area contributed by atoms with E-state index in [-0.39, 0.29) is 5.82 Å². The van der Waals surface area contributed by atoms with Gasteiger partial charge in [0.25, 0.3) is 0 Å². The van der Waals surface area contributed by atoms with Crippen LogP contribution < -0.4 is 0 Å². The predicted molar refractivity (Wildman–Crippen MR) is 106 cm³/mol. The third-order valence-electron chi connectivity index (χ3n) is 4.55. The molecule has 3 aromatic carbocycles. The quantitative estimate of drug-likeness (QED) is 0.379. The fourth-order valence-electron chi connectivity index (χ4n) is 3.22. The highest BCUT2D eigenvalue weighted by Gasteiger charge is 2.14. The Hall–Kier alpha value is -3.24. The molecule has 0 bridgehead atoms. The summed E-state index contributed by atoms with van der Waals surface area (Å²) in [5, 5.41) is 0.665. The summed E-state index contributed by atoms with van der Waals surface area (Å²) in [6.45, 7) is 0. The maximum Gasteiger partial charge on any atom is 0.164 e. The lowest BCUT2D eigenvalue weighted by molar-refractivity contribution is 0.628. The number of para-hydroxylation sites is 2. The highest BCUT2D eigenvalue weighted by atomic mass is 35.5. The van der Waals surface area contributed by atoms with Crippen LogP contribution in [-0.2, 0) is 0 Å². The first-order chi connectivity index (χ1) is 13.2. The van der Waals surface area contributed by atoms with Crippen molar-refractivity contribution in [1.82, 2.24) is 14.4 Å². The zero-order valence-electron chi connectivity index (χ0n) is 14.1. The Balaban J connectivity index is 1.85. The van der Waals surface area contributed by atoms with Crippen LogP contribution in [0.2, 0.25) is 5.02 Å². The zero-order valence-corrected chi connectivity index (χ0v) is 14.9. The van der Waals surface area contributed by atoms with Crippen molar-refractivity contribution in [2.45, 2.75) is 0 Å². The Morgan fingerprint density at radius 3 is 2.26 bits per heavy atom. The fourth-order valence-corrected chi connectivity index (χ4v) is 3.35. The zero-order chi connectivity index (χ0) is 18.4. The van der Waals surface area contributed by atoms with Crippen molar-refractivity contribution in [3.63, 3.8) is 0 Å². The second-order valence-electron chi connectivity index (χ2n) is 6.28. The summed E-state index contributed by atoms with van der Waals surface area (Å²) in [4.78, 5) is 9.62. The van der Waals surface area contributed by atoms with Gasteiger partial charge in [0.1, 0.15) is 11.5 Å². The van der Waals surface area contributed by atoms with Crippen molar-refractivity contribution in [3.8, 4) is 22.5 Å². The molecule has 0 atom stereocenters. The predicted octanol–water partition coefficient (Wildman–Crippen LogP) is 6.01. The van der Waals surface area contributed by atoms with Crippen molar-refractivity contribution in [1.29, 1.82) is 0 Å². The van der Waals surface area contributed by atoms with Crippen LogP contribution >= 0.6 is 11.6 Å². The van der Waals surface area contributed by atoms with Gasteiger partial charge in [-0.05, 0) is 48.5 Å². The van der Waals surface area contributed by atoms with Gasteiger partial charge >= 0.3 is 0 Å². The molecule has 0 fully saturated rings. The Bertz CT molecular complexity index is 1280. The lowest BCUT2D eigenvalue weighted by atomic mass is 10.1. The smallest absolute Gasteiger partial charge is 0.164 e. The van der Waals surface area contributed by atoms with Gasteiger partial charge in [0, 0.05) is 22.3 Å². The Kier molecular flexibility index (Phi) is 3.66. The largest absolute Gasteiger partial charge is 0.296 e. The van der Waals surface area contributed by atoms with E-state index in [1.807, 2.05) is 59.1 Å². The van der Waals surface area contributed by atoms with Crippen LogP contribution in [0, 0.1) is 5.82 Å². The normalized spacial score (nSPS) is 11.3. The number of halogens is 2. The number of hydrogen-bond acceptors (Lipinski definition) is 2. The molecule has 0 amide bonds. The average molecular weight is 374 g/mol. The molecule has 0 unspecified atom stereocenters. The van der Waals surface area contributed by atoms with Crippen molar-refractivity contribution < 1.29 is 4.39 Å². The van der Waals surface area contributed by atoms with Gasteiger partial charge in [0.05, 0.1) is 16.7 Å². The number of hydrogen-bond donors (Lipinski definition) is 0. The first kappa shape index (κ1) is 16.0. The third-order valence-corrected chi connectivity index (χ3v) is 4.80. The minimum Gasteiger partial charge on any atom is -0.296 e. The summed E-state index contributed by atoms with van der Waals surface area (Å²) >= 11 is 6.05. The molecule has 5 heteroatoms. The lowest BCUT2D eigenvalue weighted by Gasteiger charge is -2.09. The summed E-state index contributed by atoms with van der Waals surface area (Å²) < 4.78 is 15.4. The van der Waals surface area contributed by atoms with Gasteiger partial charge in [-0.25, -0.2) is 14.4 Å². The van der Waals surface area contributed by atoms with Crippen LogP contribution in [0.25, 0.3) is 39.2 Å². The minimum atomic E-state index is -0.272. The molecule has 0 saturated carbocycles. The maximum absolute atomic E-state index is 13.3. The molecule has 5 rings (SSSR count). The summed E-state index contributed by atoms with van der Waals surface area (Å²) in [6.07, 6.45) is 1.94. The van der Waals surface area contributed by atoms with E-state index in [4.69, 9.17) is 21.6 Å². The number of benzene rings is 3. The molecule has 0 aliphatic carbocycles. The molecule has 2 aromatic heterocycles. The van der Waals surface area contributed by atoms with E-state index in [2.05, 4.69) is 0 Å². The summed E-state index contributed by atoms with van der Waals surface area (Å²) in [5.41, 5.74) is 5.92. The number of aromatic nitrogens is 3. The van der Waals surface area contributed by atoms with E-state index in [1.165, 1.54) is 12.1 Å². The number of rotatable bonds is 2. The van der Waals surface area contributed by atoms with Gasteiger partial charge in [0.15, 0.2) is 5.65 Å². The van der Waals surface area contributed by atoms with E-state index in [0.717, 1.165) is 39.2 Å². The molecule has 0 spiro atoms. The Morgan fingerprint density at radius 2 is 1.48 bits per heavy atom. The molecule has 0 radical (unpaired) electrons. The van der Waals surface area contributed by atoms with Crippen LogP contribution in [0.3, 0.4) is 0 Å². The van der Waals surface area contributed by atoms with Crippen molar-refractivity contribution in [3.05, 3.63) is 89.8 Å². The van der Waals surface area contributed by atoms with Crippen molar-refractivity contribution >= 4 is 28.3 Å². The van der Waals surface area contributed by atoms with E-state index < -0.39 is 0 Å². The fraction of sp³-hybridized carbons (Fsp3) is 0. The van der Waals surface area contributed by atoms with E-state index in [9.17, 15) is 4.39 Å². The van der Waals surface area contributed by atoms with Crippen LogP contribution in [0.15, 0.2) is 79.0 Å². The Labute approximate surface area is 159 Å². The van der Waals surface area contributed by atoms with Gasteiger partial charge in [0.2, 0.25) is 0 Å². The van der Waals surface area contributed by atoms with Crippen LogP contribution in [-0.4, -0.2) is 14.4 Å². The first-order valence-corrected chi connectivity index (χ1v) is 8.86. The highest BCUT2D eigenvalue weighted by molar-refractivity contribution is 6.30. The van der Waals surface area contributed by atoms with Crippen molar-refractivity contribution in [2.24, 2.45) is 0 Å². The van der Waals surface area contributed by atoms with Gasteiger partial charge in [-0.3, -0.25) is 4.40 Å². The molecule has 0 aliphatic rings. The molecule has 3 nitrogen and oxygen atoms in total. The Morgan fingerprint density at radius 1 is 0.778 bits per heavy atom. The van der Waals surface area contributed by atoms with Gasteiger partial charge < -0.3 is 0 Å². The van der Waals surface area contributed by atoms with E-state index in [1.54, 1.807) is 12.1 Å². The topological polar surface area (TPSA) is 30.2 Å². The van der Waals surface area contributed by atoms with E-state index >= 15 is 0 Å². The SMILES string of the molecule is Fc1ccc(-c2cn3c(nc4ccccc43)c(-c3ccc(Cl)cc3)n2)cc1. The molecular weight excluding hydrogens is 361 g/mol. The molecular formula is C22H13ClFN3. The van der Waals surface area contributed by atoms with Crippen LogP contribution in [0.4, 0.5) is 4.39 Å². The van der Waals surface area contributed by atoms with Gasteiger partial charge in [-0.2, -0.15) is 0 Å². The van der Waals surface area contributed by atoms with Gasteiger partial charge in [-0.1, -0.05) is 35.9 Å². The van der Waals surface area contributed by atoms with Crippen molar-refractivity contribution in [2.75, 3.05) is 0 Å². The third kappa shape index (κ3) is 2.75. The molecule has 130 valence electrons. The number of imidazole rings is 1. The molecule has 0 N–H and O–H groups in total. The minimum absolute atomic E-state index is 0.272. The lowest BCUT2D eigenvalue weighted by Crippen LogP contribution is -1.96. The second-order valence-corrected chi connectivity index (χ2v) is 6.72. The maximum atomic E-state index is 13.3. The molecule has 2 heterocycles. The second kappa shape index (κ2) is 6.18. The molecule has 0 aliphatic heterocycles. The highest BCUT2D eigenvalue weighted by Crippen LogP contribution is 2.30. The van der Waals surface area contributed by atoms with E-state index in [0.29, 0.717) is 5.02 Å². The standard InChI is InChI=1S/C22H13ClFN3/c23-16-9-5-15(6-10-16)21-22-26-18-3-1-2-4-20(18)27(22)13-19(25-21)14-7-11-17(24)12-8-14/h1-13H. The first-order valence-electron chi connectivity index (χ1n) is 8.49. The monoisotopic (exact) mass is 373 g/mol. The van der Waals surface area contributed by atoms with Crippen LogP contribution in [0.5, 0.6) is 0 Å². The summed E-state index contributed by atoms with van der Waals surface area (Å²) in [6, 6.07) is 21.8. The van der Waals surface area contributed by atoms with Gasteiger partial charge in [-0.15, -0.1) is 0 Å². The number of fused-ring (bicyclic) bond motifs is 3. The molecule has 27 heavy (non-hydrogen) atoms.